The van der Waals surface area contributed by atoms with Gasteiger partial charge in [-0.15, -0.1) is 0 Å². The number of ether oxygens (including phenoxy) is 1. The van der Waals surface area contributed by atoms with Crippen LogP contribution in [0.4, 0.5) is 5.69 Å². The van der Waals surface area contributed by atoms with Gasteiger partial charge in [0.15, 0.2) is 0 Å². The summed E-state index contributed by atoms with van der Waals surface area (Å²) in [4.78, 5) is 18.4. The van der Waals surface area contributed by atoms with Crippen molar-refractivity contribution in [3.8, 4) is 0 Å². The molecule has 0 aliphatic rings. The molecule has 0 unspecified atom stereocenters. The molecule has 0 N–H and O–H groups in total. The number of hydrogen-bond acceptors (Lipinski definition) is 4. The number of azide groups is 1. The second-order valence-corrected chi connectivity index (χ2v) is 4.04. The third-order valence-electron chi connectivity index (χ3n) is 2.41. The lowest BCUT2D eigenvalue weighted by molar-refractivity contribution is 0.0526. The number of fused-ring (bicyclic) bond motifs is 1. The Labute approximate surface area is 113 Å². The molecule has 7 heteroatoms. The predicted molar refractivity (Wildman–Crippen MR) is 71.5 cm³/mol. The van der Waals surface area contributed by atoms with E-state index in [1.54, 1.807) is 25.1 Å². The fourth-order valence-electron chi connectivity index (χ4n) is 1.59. The van der Waals surface area contributed by atoms with E-state index in [2.05, 4.69) is 15.0 Å². The quantitative estimate of drug-likeness (QED) is 0.367. The predicted octanol–water partition coefficient (Wildman–Crippen LogP) is 4.01. The smallest absolute Gasteiger partial charge is 0.339 e. The van der Waals surface area contributed by atoms with E-state index < -0.39 is 5.97 Å². The topological polar surface area (TPSA) is 88.0 Å². The first-order valence-electron chi connectivity index (χ1n) is 5.47. The molecule has 0 bridgehead atoms. The van der Waals surface area contributed by atoms with Crippen LogP contribution in [0.15, 0.2) is 29.5 Å². The van der Waals surface area contributed by atoms with Gasteiger partial charge in [-0.05, 0) is 30.7 Å². The van der Waals surface area contributed by atoms with E-state index in [1.807, 2.05) is 0 Å². The van der Waals surface area contributed by atoms with Crippen molar-refractivity contribution in [1.29, 1.82) is 0 Å². The van der Waals surface area contributed by atoms with Crippen LogP contribution in [-0.2, 0) is 4.74 Å². The van der Waals surface area contributed by atoms with Crippen LogP contribution in [0, 0.1) is 0 Å². The second kappa shape index (κ2) is 5.56. The lowest BCUT2D eigenvalue weighted by atomic mass is 10.1. The van der Waals surface area contributed by atoms with Gasteiger partial charge in [0.05, 0.1) is 28.4 Å². The number of aromatic nitrogens is 1. The van der Waals surface area contributed by atoms with E-state index in [-0.39, 0.29) is 0 Å². The molecule has 0 atom stereocenters. The Balaban J connectivity index is 2.52. The molecule has 0 fully saturated rings. The first-order valence-corrected chi connectivity index (χ1v) is 5.85. The van der Waals surface area contributed by atoms with Gasteiger partial charge in [-0.2, -0.15) is 0 Å². The molecule has 19 heavy (non-hydrogen) atoms. The number of pyridine rings is 1. The fourth-order valence-corrected chi connectivity index (χ4v) is 1.80. The number of halogens is 1. The number of esters is 1. The van der Waals surface area contributed by atoms with E-state index in [4.69, 9.17) is 21.9 Å². The van der Waals surface area contributed by atoms with Crippen molar-refractivity contribution in [3.63, 3.8) is 0 Å². The van der Waals surface area contributed by atoms with Crippen LogP contribution in [0.2, 0.25) is 5.02 Å². The Hall–Kier alpha value is -2.30. The van der Waals surface area contributed by atoms with Gasteiger partial charge in [-0.3, -0.25) is 4.98 Å². The number of rotatable bonds is 3. The van der Waals surface area contributed by atoms with Crippen LogP contribution >= 0.6 is 11.6 Å². The lowest BCUT2D eigenvalue weighted by Gasteiger charge is -2.04. The minimum absolute atomic E-state index is 0.299. The third-order valence-corrected chi connectivity index (χ3v) is 2.72. The van der Waals surface area contributed by atoms with Gasteiger partial charge in [0, 0.05) is 16.5 Å². The molecule has 1 aromatic carbocycles. The van der Waals surface area contributed by atoms with E-state index >= 15 is 0 Å². The zero-order valence-electron chi connectivity index (χ0n) is 10.00. The van der Waals surface area contributed by atoms with E-state index in [9.17, 15) is 4.79 Å². The number of nitrogens with zero attached hydrogens (tertiary/aromatic N) is 4. The largest absolute Gasteiger partial charge is 0.462 e. The maximum Gasteiger partial charge on any atom is 0.339 e. The van der Waals surface area contributed by atoms with Gasteiger partial charge in [0.2, 0.25) is 0 Å². The van der Waals surface area contributed by atoms with Crippen LogP contribution in [0.1, 0.15) is 17.3 Å². The van der Waals surface area contributed by atoms with Gasteiger partial charge in [-0.25, -0.2) is 4.79 Å². The van der Waals surface area contributed by atoms with Gasteiger partial charge in [0.25, 0.3) is 0 Å². The van der Waals surface area contributed by atoms with Crippen molar-refractivity contribution >= 4 is 34.2 Å². The maximum atomic E-state index is 11.6. The molecule has 6 nitrogen and oxygen atoms in total. The molecule has 0 aliphatic carbocycles. The Bertz CT molecular complexity index is 695. The van der Waals surface area contributed by atoms with Gasteiger partial charge in [-0.1, -0.05) is 16.7 Å². The zero-order valence-corrected chi connectivity index (χ0v) is 10.8. The Morgan fingerprint density at radius 1 is 1.53 bits per heavy atom. The summed E-state index contributed by atoms with van der Waals surface area (Å²) >= 11 is 5.97. The normalized spacial score (nSPS) is 10.0. The monoisotopic (exact) mass is 276 g/mol. The molecule has 0 aliphatic heterocycles. The maximum absolute atomic E-state index is 11.6. The molecular formula is C12H9ClN4O2. The Morgan fingerprint density at radius 2 is 2.32 bits per heavy atom. The van der Waals surface area contributed by atoms with Crippen LogP contribution in [-0.4, -0.2) is 17.6 Å². The molecule has 0 amide bonds. The minimum atomic E-state index is -0.438. The summed E-state index contributed by atoms with van der Waals surface area (Å²) < 4.78 is 4.89. The summed E-state index contributed by atoms with van der Waals surface area (Å²) in [6.45, 7) is 2.03. The SMILES string of the molecule is CCOC(=O)c1cnc2cc(N=[N+]=[N-])c(Cl)cc2c1. The first-order chi connectivity index (χ1) is 9.15. The Morgan fingerprint density at radius 3 is 3.00 bits per heavy atom. The molecule has 0 saturated carbocycles. The third kappa shape index (κ3) is 2.76. The number of hydrogen-bond donors (Lipinski definition) is 0. The second-order valence-electron chi connectivity index (χ2n) is 3.63. The summed E-state index contributed by atoms with van der Waals surface area (Å²) in [6, 6.07) is 4.79. The van der Waals surface area contributed by atoms with Crippen molar-refractivity contribution < 1.29 is 9.53 Å². The minimum Gasteiger partial charge on any atom is -0.462 e. The molecular weight excluding hydrogens is 268 g/mol. The van der Waals surface area contributed by atoms with Crippen molar-refractivity contribution in [3.05, 3.63) is 45.4 Å². The van der Waals surface area contributed by atoms with Crippen LogP contribution in [0.3, 0.4) is 0 Å². The van der Waals surface area contributed by atoms with E-state index in [1.165, 1.54) is 6.20 Å². The molecule has 1 aromatic heterocycles. The van der Waals surface area contributed by atoms with Crippen LogP contribution < -0.4 is 0 Å². The molecule has 96 valence electrons. The molecule has 1 heterocycles. The standard InChI is InChI=1S/C12H9ClN4O2/c1-2-19-12(18)8-3-7-4-9(13)11(16-17-14)5-10(7)15-6-8/h3-6H,2H2,1H3. The Kier molecular flexibility index (Phi) is 3.85. The van der Waals surface area contributed by atoms with Crippen molar-refractivity contribution in [2.75, 3.05) is 6.61 Å². The van der Waals surface area contributed by atoms with Crippen LogP contribution in [0.25, 0.3) is 21.3 Å². The fraction of sp³-hybridized carbons (Fsp3) is 0.167. The van der Waals surface area contributed by atoms with Crippen molar-refractivity contribution in [1.82, 2.24) is 4.98 Å². The number of benzene rings is 1. The van der Waals surface area contributed by atoms with Crippen LogP contribution in [0.5, 0.6) is 0 Å². The van der Waals surface area contributed by atoms with Gasteiger partial charge in [0.1, 0.15) is 0 Å². The summed E-state index contributed by atoms with van der Waals surface area (Å²) in [5.74, 6) is -0.438. The molecule has 0 radical (unpaired) electrons. The highest BCUT2D eigenvalue weighted by Gasteiger charge is 2.09. The highest BCUT2D eigenvalue weighted by Crippen LogP contribution is 2.30. The average Bonchev–Trinajstić information content (AvgIpc) is 2.39. The number of carbonyl (C=O) groups is 1. The first kappa shape index (κ1) is 13.1. The highest BCUT2D eigenvalue weighted by molar-refractivity contribution is 6.33. The number of carbonyl (C=O) groups excluding carboxylic acids is 1. The summed E-state index contributed by atoms with van der Waals surface area (Å²) in [6.07, 6.45) is 1.41. The molecule has 2 rings (SSSR count). The summed E-state index contributed by atoms with van der Waals surface area (Å²) in [7, 11) is 0. The average molecular weight is 277 g/mol. The van der Waals surface area contributed by atoms with Crippen molar-refractivity contribution in [2.24, 2.45) is 5.11 Å². The lowest BCUT2D eigenvalue weighted by Crippen LogP contribution is -2.04. The van der Waals surface area contributed by atoms with Gasteiger partial charge < -0.3 is 4.74 Å². The summed E-state index contributed by atoms with van der Waals surface area (Å²) in [5.41, 5.74) is 9.64. The summed E-state index contributed by atoms with van der Waals surface area (Å²) in [5, 5.41) is 4.43. The molecule has 0 saturated heterocycles. The highest BCUT2D eigenvalue weighted by atomic mass is 35.5. The van der Waals surface area contributed by atoms with E-state index in [0.717, 1.165) is 0 Å². The zero-order chi connectivity index (χ0) is 13.8. The van der Waals surface area contributed by atoms with Crippen molar-refractivity contribution in [2.45, 2.75) is 6.92 Å². The molecule has 2 aromatic rings. The molecule has 0 spiro atoms. The van der Waals surface area contributed by atoms with Gasteiger partial charge >= 0.3 is 5.97 Å². The van der Waals surface area contributed by atoms with E-state index in [0.29, 0.717) is 33.8 Å².